The number of H-pyrrole nitrogens is 1. The molecule has 2 aromatic heterocycles. The molecular formula is C13H18N4OS. The third-order valence-electron chi connectivity index (χ3n) is 2.52. The largest absolute Gasteiger partial charge is 0.310 e. The summed E-state index contributed by atoms with van der Waals surface area (Å²) in [4.78, 5) is 23.2. The minimum absolute atomic E-state index is 0.112. The van der Waals surface area contributed by atoms with Gasteiger partial charge in [0.2, 0.25) is 0 Å². The molecule has 0 saturated heterocycles. The third kappa shape index (κ3) is 4.25. The van der Waals surface area contributed by atoms with E-state index in [0.717, 1.165) is 16.4 Å². The molecule has 2 N–H and O–H groups in total. The second-order valence-corrected chi connectivity index (χ2v) is 5.72. The minimum atomic E-state index is -0.112. The van der Waals surface area contributed by atoms with Crippen LogP contribution in [0.3, 0.4) is 0 Å². The van der Waals surface area contributed by atoms with Crippen LogP contribution in [0.1, 0.15) is 36.1 Å². The molecule has 0 aliphatic heterocycles. The summed E-state index contributed by atoms with van der Waals surface area (Å²) in [5, 5.41) is 6.22. The van der Waals surface area contributed by atoms with E-state index in [-0.39, 0.29) is 5.56 Å². The molecule has 0 fully saturated rings. The van der Waals surface area contributed by atoms with E-state index in [2.05, 4.69) is 34.1 Å². The van der Waals surface area contributed by atoms with Gasteiger partial charge < -0.3 is 10.3 Å². The van der Waals surface area contributed by atoms with E-state index in [1.807, 2.05) is 12.3 Å². The number of hydrogen-bond donors (Lipinski definition) is 2. The minimum Gasteiger partial charge on any atom is -0.310 e. The maximum Gasteiger partial charge on any atom is 0.251 e. The third-order valence-corrected chi connectivity index (χ3v) is 3.49. The lowest BCUT2D eigenvalue weighted by molar-refractivity contribution is 0.578. The number of nitrogens with one attached hydrogen (secondary N) is 2. The average Bonchev–Trinajstić information content (AvgIpc) is 2.71. The second kappa shape index (κ2) is 6.08. The lowest BCUT2D eigenvalue weighted by Gasteiger charge is -2.08. The van der Waals surface area contributed by atoms with Gasteiger partial charge in [-0.1, -0.05) is 13.8 Å². The SMILES string of the molecule is Cc1csc(Cc2nc(CNC(C)C)cc(=O)[nH]2)n1. The van der Waals surface area contributed by atoms with Crippen molar-refractivity contribution in [1.29, 1.82) is 0 Å². The number of thiazole rings is 1. The summed E-state index contributed by atoms with van der Waals surface area (Å²) < 4.78 is 0. The van der Waals surface area contributed by atoms with Crippen LogP contribution in [0.15, 0.2) is 16.2 Å². The number of nitrogens with zero attached hydrogens (tertiary/aromatic N) is 2. The fraction of sp³-hybridized carbons (Fsp3) is 0.462. The van der Waals surface area contributed by atoms with E-state index in [1.165, 1.54) is 6.07 Å². The van der Waals surface area contributed by atoms with E-state index in [1.54, 1.807) is 11.3 Å². The van der Waals surface area contributed by atoms with Crippen LogP contribution in [0, 0.1) is 6.92 Å². The van der Waals surface area contributed by atoms with Crippen molar-refractivity contribution in [2.24, 2.45) is 0 Å². The molecule has 0 aliphatic carbocycles. The van der Waals surface area contributed by atoms with Crippen molar-refractivity contribution in [2.75, 3.05) is 0 Å². The number of aryl methyl sites for hydroxylation is 1. The first kappa shape index (κ1) is 13.9. The van der Waals surface area contributed by atoms with Gasteiger partial charge in [-0.3, -0.25) is 4.79 Å². The van der Waals surface area contributed by atoms with Gasteiger partial charge in [0.05, 0.1) is 12.1 Å². The van der Waals surface area contributed by atoms with E-state index in [0.29, 0.717) is 24.8 Å². The predicted octanol–water partition coefficient (Wildman–Crippen LogP) is 1.62. The van der Waals surface area contributed by atoms with Gasteiger partial charge in [-0.25, -0.2) is 9.97 Å². The van der Waals surface area contributed by atoms with Crippen LogP contribution in [0.5, 0.6) is 0 Å². The highest BCUT2D eigenvalue weighted by Crippen LogP contribution is 2.11. The monoisotopic (exact) mass is 278 g/mol. The van der Waals surface area contributed by atoms with Crippen molar-refractivity contribution < 1.29 is 0 Å². The maximum atomic E-state index is 11.6. The summed E-state index contributed by atoms with van der Waals surface area (Å²) in [6, 6.07) is 1.90. The van der Waals surface area contributed by atoms with E-state index in [4.69, 9.17) is 0 Å². The number of rotatable bonds is 5. The fourth-order valence-corrected chi connectivity index (χ4v) is 2.45. The summed E-state index contributed by atoms with van der Waals surface area (Å²) >= 11 is 1.59. The van der Waals surface area contributed by atoms with Crippen LogP contribution in [-0.4, -0.2) is 21.0 Å². The van der Waals surface area contributed by atoms with Gasteiger partial charge in [-0.2, -0.15) is 0 Å². The molecule has 2 heterocycles. The first-order chi connectivity index (χ1) is 9.02. The Kier molecular flexibility index (Phi) is 4.44. The van der Waals surface area contributed by atoms with Crippen LogP contribution < -0.4 is 10.9 Å². The predicted molar refractivity (Wildman–Crippen MR) is 76.5 cm³/mol. The van der Waals surface area contributed by atoms with Crippen LogP contribution in [0.4, 0.5) is 0 Å². The Balaban J connectivity index is 2.14. The zero-order valence-corrected chi connectivity index (χ0v) is 12.2. The molecule has 0 atom stereocenters. The van der Waals surface area contributed by atoms with Crippen LogP contribution >= 0.6 is 11.3 Å². The molecule has 0 unspecified atom stereocenters. The van der Waals surface area contributed by atoms with Gasteiger partial charge in [0, 0.05) is 29.7 Å². The lowest BCUT2D eigenvalue weighted by atomic mass is 10.3. The topological polar surface area (TPSA) is 70.7 Å². The highest BCUT2D eigenvalue weighted by molar-refractivity contribution is 7.09. The summed E-state index contributed by atoms with van der Waals surface area (Å²) in [5.74, 6) is 0.669. The Morgan fingerprint density at radius 1 is 1.42 bits per heavy atom. The Labute approximate surface area is 116 Å². The smallest absolute Gasteiger partial charge is 0.251 e. The number of aromatic amines is 1. The Morgan fingerprint density at radius 3 is 2.84 bits per heavy atom. The molecule has 0 saturated carbocycles. The first-order valence-electron chi connectivity index (χ1n) is 6.26. The first-order valence-corrected chi connectivity index (χ1v) is 7.14. The van der Waals surface area contributed by atoms with Gasteiger partial charge in [0.25, 0.3) is 5.56 Å². The van der Waals surface area contributed by atoms with Crippen molar-refractivity contribution in [3.05, 3.63) is 44.0 Å². The van der Waals surface area contributed by atoms with Crippen molar-refractivity contribution in [2.45, 2.75) is 39.8 Å². The molecule has 0 amide bonds. The van der Waals surface area contributed by atoms with Crippen molar-refractivity contribution in [1.82, 2.24) is 20.3 Å². The molecule has 0 aliphatic rings. The molecular weight excluding hydrogens is 260 g/mol. The molecule has 2 aromatic rings. The molecule has 6 heteroatoms. The second-order valence-electron chi connectivity index (χ2n) is 4.78. The van der Waals surface area contributed by atoms with E-state index < -0.39 is 0 Å². The van der Waals surface area contributed by atoms with Gasteiger partial charge in [0.15, 0.2) is 0 Å². The highest BCUT2D eigenvalue weighted by atomic mass is 32.1. The molecule has 0 bridgehead atoms. The average molecular weight is 278 g/mol. The summed E-state index contributed by atoms with van der Waals surface area (Å²) in [6.07, 6.45) is 0.573. The van der Waals surface area contributed by atoms with Crippen molar-refractivity contribution in [3.63, 3.8) is 0 Å². The Morgan fingerprint density at radius 2 is 2.21 bits per heavy atom. The summed E-state index contributed by atoms with van der Waals surface area (Å²) in [7, 11) is 0. The van der Waals surface area contributed by atoms with E-state index >= 15 is 0 Å². The maximum absolute atomic E-state index is 11.6. The normalized spacial score (nSPS) is 11.2. The molecule has 0 radical (unpaired) electrons. The summed E-state index contributed by atoms with van der Waals surface area (Å²) in [5.41, 5.74) is 1.65. The molecule has 5 nitrogen and oxygen atoms in total. The van der Waals surface area contributed by atoms with Gasteiger partial charge in [-0.15, -0.1) is 11.3 Å². The van der Waals surface area contributed by atoms with Crippen LogP contribution in [-0.2, 0) is 13.0 Å². The molecule has 0 spiro atoms. The molecule has 0 aromatic carbocycles. The standard InChI is InChI=1S/C13H18N4OS/c1-8(2)14-6-10-4-12(18)17-11(16-10)5-13-15-9(3)7-19-13/h4,7-8,14H,5-6H2,1-3H3,(H,16,17,18). The van der Waals surface area contributed by atoms with Crippen molar-refractivity contribution in [3.8, 4) is 0 Å². The van der Waals surface area contributed by atoms with Gasteiger partial charge in [-0.05, 0) is 6.92 Å². The summed E-state index contributed by atoms with van der Waals surface area (Å²) in [6.45, 7) is 6.68. The lowest BCUT2D eigenvalue weighted by Crippen LogP contribution is -2.24. The van der Waals surface area contributed by atoms with E-state index in [9.17, 15) is 4.79 Å². The van der Waals surface area contributed by atoms with Crippen LogP contribution in [0.2, 0.25) is 0 Å². The van der Waals surface area contributed by atoms with Gasteiger partial charge >= 0.3 is 0 Å². The molecule has 2 rings (SSSR count). The van der Waals surface area contributed by atoms with Gasteiger partial charge in [0.1, 0.15) is 10.8 Å². The molecule has 102 valence electrons. The number of hydrogen-bond acceptors (Lipinski definition) is 5. The Bertz CT molecular complexity index is 603. The number of aromatic nitrogens is 3. The zero-order valence-electron chi connectivity index (χ0n) is 11.4. The molecule has 19 heavy (non-hydrogen) atoms. The Hall–Kier alpha value is -1.53. The zero-order chi connectivity index (χ0) is 13.8. The highest BCUT2D eigenvalue weighted by Gasteiger charge is 2.06. The van der Waals surface area contributed by atoms with Crippen LogP contribution in [0.25, 0.3) is 0 Å². The fourth-order valence-electron chi connectivity index (χ4n) is 1.67. The van der Waals surface area contributed by atoms with Crippen molar-refractivity contribution >= 4 is 11.3 Å². The quantitative estimate of drug-likeness (QED) is 0.872.